The van der Waals surface area contributed by atoms with Crippen molar-refractivity contribution in [2.75, 3.05) is 31.7 Å². The van der Waals surface area contributed by atoms with Crippen molar-refractivity contribution in [1.82, 2.24) is 9.29 Å². The summed E-state index contributed by atoms with van der Waals surface area (Å²) >= 11 is 0. The number of anilines is 1. The van der Waals surface area contributed by atoms with E-state index in [-0.39, 0.29) is 5.75 Å². The largest absolute Gasteiger partial charge is 0.369 e. The number of hydrogen-bond donors (Lipinski definition) is 1. The van der Waals surface area contributed by atoms with E-state index in [1.807, 2.05) is 6.07 Å². The van der Waals surface area contributed by atoms with Crippen molar-refractivity contribution in [3.8, 4) is 0 Å². The van der Waals surface area contributed by atoms with Crippen LogP contribution in [0.5, 0.6) is 0 Å². The molecule has 5 nitrogen and oxygen atoms in total. The van der Waals surface area contributed by atoms with Gasteiger partial charge >= 0.3 is 0 Å². The van der Waals surface area contributed by atoms with Crippen molar-refractivity contribution in [1.29, 1.82) is 0 Å². The van der Waals surface area contributed by atoms with Crippen LogP contribution in [-0.2, 0) is 22.9 Å². The lowest BCUT2D eigenvalue weighted by molar-refractivity contribution is 0.521. The van der Waals surface area contributed by atoms with Crippen LogP contribution in [0, 0.1) is 0 Å². The van der Waals surface area contributed by atoms with E-state index < -0.39 is 10.0 Å². The van der Waals surface area contributed by atoms with E-state index in [0.29, 0.717) is 6.54 Å². The molecule has 1 aliphatic carbocycles. The highest BCUT2D eigenvalue weighted by atomic mass is 32.2. The smallest absolute Gasteiger partial charge is 0.215 e. The Kier molecular flexibility index (Phi) is 3.87. The average molecular weight is 269 g/mol. The van der Waals surface area contributed by atoms with Gasteiger partial charge in [-0.3, -0.25) is 0 Å². The van der Waals surface area contributed by atoms with Crippen LogP contribution in [0.15, 0.2) is 12.1 Å². The van der Waals surface area contributed by atoms with Crippen LogP contribution in [0.25, 0.3) is 0 Å². The fraction of sp³-hybridized carbons (Fsp3) is 0.583. The Morgan fingerprint density at radius 3 is 2.83 bits per heavy atom. The molecule has 0 unspecified atom stereocenters. The molecule has 0 fully saturated rings. The number of nitrogens with zero attached hydrogens (tertiary/aromatic N) is 2. The first-order valence-electron chi connectivity index (χ1n) is 6.12. The van der Waals surface area contributed by atoms with Crippen molar-refractivity contribution in [2.24, 2.45) is 0 Å². The summed E-state index contributed by atoms with van der Waals surface area (Å²) in [5, 5.41) is 3.07. The maximum absolute atomic E-state index is 11.6. The first kappa shape index (κ1) is 13.3. The molecule has 0 spiro atoms. The molecule has 1 aromatic rings. The maximum atomic E-state index is 11.6. The van der Waals surface area contributed by atoms with Gasteiger partial charge in [0, 0.05) is 26.3 Å². The Balaban J connectivity index is 1.92. The SMILES string of the molecule is CN(C)S(=O)(=O)CCNc1ccc2c(n1)CCC2. The van der Waals surface area contributed by atoms with Crippen molar-refractivity contribution in [3.63, 3.8) is 0 Å². The van der Waals surface area contributed by atoms with Gasteiger partial charge in [0.1, 0.15) is 5.82 Å². The Morgan fingerprint density at radius 1 is 1.33 bits per heavy atom. The minimum Gasteiger partial charge on any atom is -0.369 e. The second-order valence-electron chi connectivity index (χ2n) is 4.68. The number of aromatic nitrogens is 1. The van der Waals surface area contributed by atoms with Gasteiger partial charge in [0.2, 0.25) is 10.0 Å². The molecule has 1 aliphatic rings. The third kappa shape index (κ3) is 3.00. The zero-order valence-corrected chi connectivity index (χ0v) is 11.6. The molecule has 1 heterocycles. The van der Waals surface area contributed by atoms with Crippen LogP contribution >= 0.6 is 0 Å². The molecule has 0 bridgehead atoms. The summed E-state index contributed by atoms with van der Waals surface area (Å²) in [7, 11) is -0.0476. The Labute approximate surface area is 108 Å². The molecule has 1 N–H and O–H groups in total. The molecule has 1 aromatic heterocycles. The minimum absolute atomic E-state index is 0.0821. The summed E-state index contributed by atoms with van der Waals surface area (Å²) in [6, 6.07) is 4.00. The predicted octanol–water partition coefficient (Wildman–Crippen LogP) is 0.874. The van der Waals surface area contributed by atoms with Crippen LogP contribution < -0.4 is 5.32 Å². The molecule has 0 saturated heterocycles. The molecule has 2 rings (SSSR count). The highest BCUT2D eigenvalue weighted by molar-refractivity contribution is 7.89. The zero-order valence-electron chi connectivity index (χ0n) is 10.8. The second-order valence-corrected chi connectivity index (χ2v) is 6.98. The Morgan fingerprint density at radius 2 is 2.11 bits per heavy atom. The van der Waals surface area contributed by atoms with E-state index in [1.165, 1.54) is 16.3 Å². The number of sulfonamides is 1. The van der Waals surface area contributed by atoms with Gasteiger partial charge < -0.3 is 5.32 Å². The minimum atomic E-state index is -3.14. The highest BCUT2D eigenvalue weighted by Crippen LogP contribution is 2.21. The van der Waals surface area contributed by atoms with Gasteiger partial charge in [0.15, 0.2) is 0 Å². The number of nitrogens with one attached hydrogen (secondary N) is 1. The lowest BCUT2D eigenvalue weighted by Crippen LogP contribution is -2.28. The van der Waals surface area contributed by atoms with Gasteiger partial charge in [0.25, 0.3) is 0 Å². The highest BCUT2D eigenvalue weighted by Gasteiger charge is 2.14. The fourth-order valence-electron chi connectivity index (χ4n) is 2.01. The number of pyridine rings is 1. The van der Waals surface area contributed by atoms with Crippen LogP contribution in [-0.4, -0.2) is 44.1 Å². The van der Waals surface area contributed by atoms with Crippen molar-refractivity contribution < 1.29 is 8.42 Å². The van der Waals surface area contributed by atoms with E-state index in [0.717, 1.165) is 24.4 Å². The third-order valence-corrected chi connectivity index (χ3v) is 4.98. The molecular weight excluding hydrogens is 250 g/mol. The standard InChI is InChI=1S/C12H19N3O2S/c1-15(2)18(16,17)9-8-13-12-7-6-10-4-3-5-11(10)14-12/h6-7H,3-5,8-9H2,1-2H3,(H,13,14). The molecule has 18 heavy (non-hydrogen) atoms. The number of hydrogen-bond acceptors (Lipinski definition) is 4. The summed E-state index contributed by atoms with van der Waals surface area (Å²) in [5.41, 5.74) is 2.47. The monoisotopic (exact) mass is 269 g/mol. The lowest BCUT2D eigenvalue weighted by atomic mass is 10.2. The topological polar surface area (TPSA) is 62.3 Å². The van der Waals surface area contributed by atoms with Crippen LogP contribution in [0.2, 0.25) is 0 Å². The van der Waals surface area contributed by atoms with Gasteiger partial charge in [-0.25, -0.2) is 17.7 Å². The molecule has 0 saturated carbocycles. The molecule has 0 amide bonds. The summed E-state index contributed by atoms with van der Waals surface area (Å²) in [4.78, 5) is 4.50. The molecule has 0 atom stereocenters. The predicted molar refractivity (Wildman–Crippen MR) is 72.2 cm³/mol. The van der Waals surface area contributed by atoms with E-state index in [9.17, 15) is 8.42 Å². The average Bonchev–Trinajstić information content (AvgIpc) is 2.75. The molecule has 100 valence electrons. The van der Waals surface area contributed by atoms with Crippen molar-refractivity contribution >= 4 is 15.8 Å². The quantitative estimate of drug-likeness (QED) is 0.861. The molecule has 6 heteroatoms. The normalized spacial score (nSPS) is 14.8. The lowest BCUT2D eigenvalue weighted by Gasteiger charge is -2.12. The van der Waals surface area contributed by atoms with E-state index in [2.05, 4.69) is 16.4 Å². The second kappa shape index (κ2) is 5.24. The number of fused-ring (bicyclic) bond motifs is 1. The van der Waals surface area contributed by atoms with Crippen LogP contribution in [0.1, 0.15) is 17.7 Å². The summed E-state index contributed by atoms with van der Waals surface area (Å²) in [6.07, 6.45) is 3.30. The van der Waals surface area contributed by atoms with Gasteiger partial charge in [-0.2, -0.15) is 0 Å². The van der Waals surface area contributed by atoms with Crippen molar-refractivity contribution in [3.05, 3.63) is 23.4 Å². The van der Waals surface area contributed by atoms with Gasteiger partial charge in [-0.1, -0.05) is 6.07 Å². The number of rotatable bonds is 5. The van der Waals surface area contributed by atoms with Crippen molar-refractivity contribution in [2.45, 2.75) is 19.3 Å². The fourth-order valence-corrected chi connectivity index (χ4v) is 2.73. The number of aryl methyl sites for hydroxylation is 2. The summed E-state index contributed by atoms with van der Waals surface area (Å²) in [6.45, 7) is 0.381. The first-order chi connectivity index (χ1) is 8.49. The molecule has 0 radical (unpaired) electrons. The zero-order chi connectivity index (χ0) is 13.2. The van der Waals surface area contributed by atoms with Crippen LogP contribution in [0.3, 0.4) is 0 Å². The molecular formula is C12H19N3O2S. The first-order valence-corrected chi connectivity index (χ1v) is 7.73. The summed E-state index contributed by atoms with van der Waals surface area (Å²) < 4.78 is 24.4. The van der Waals surface area contributed by atoms with E-state index in [4.69, 9.17) is 0 Å². The van der Waals surface area contributed by atoms with Crippen LogP contribution in [0.4, 0.5) is 5.82 Å². The van der Waals surface area contributed by atoms with Gasteiger partial charge in [0.05, 0.1) is 5.75 Å². The van der Waals surface area contributed by atoms with E-state index >= 15 is 0 Å². The third-order valence-electron chi connectivity index (χ3n) is 3.15. The van der Waals surface area contributed by atoms with Gasteiger partial charge in [-0.15, -0.1) is 0 Å². The van der Waals surface area contributed by atoms with Gasteiger partial charge in [-0.05, 0) is 30.9 Å². The Hall–Kier alpha value is -1.14. The maximum Gasteiger partial charge on any atom is 0.215 e. The van der Waals surface area contributed by atoms with E-state index in [1.54, 1.807) is 14.1 Å². The molecule has 0 aliphatic heterocycles. The Bertz CT molecular complexity index is 526. The summed E-state index contributed by atoms with van der Waals surface area (Å²) in [5.74, 6) is 0.850. The molecule has 0 aromatic carbocycles.